The Morgan fingerprint density at radius 2 is 2.00 bits per heavy atom. The highest BCUT2D eigenvalue weighted by molar-refractivity contribution is 5.78. The molecule has 2 N–H and O–H groups in total. The number of likely N-dealkylation sites (tertiary alicyclic amines) is 1. The molecule has 1 aromatic rings. The quantitative estimate of drug-likeness (QED) is 0.829. The SMILES string of the molecule is O=C(CN1CCCCC1CO)NCC1CCN(c2ccccc2)C1. The first kappa shape index (κ1) is 17.2. The van der Waals surface area contributed by atoms with Crippen LogP contribution in [0.5, 0.6) is 0 Å². The molecule has 132 valence electrons. The minimum absolute atomic E-state index is 0.0912. The molecule has 2 fully saturated rings. The summed E-state index contributed by atoms with van der Waals surface area (Å²) in [6.07, 6.45) is 4.40. The van der Waals surface area contributed by atoms with Gasteiger partial charge < -0.3 is 15.3 Å². The molecule has 2 atom stereocenters. The fraction of sp³-hybridized carbons (Fsp3) is 0.632. The highest BCUT2D eigenvalue weighted by Crippen LogP contribution is 2.23. The molecule has 0 radical (unpaired) electrons. The summed E-state index contributed by atoms with van der Waals surface area (Å²) in [5.74, 6) is 0.609. The largest absolute Gasteiger partial charge is 0.395 e. The van der Waals surface area contributed by atoms with Crippen LogP contribution in [0.4, 0.5) is 5.69 Å². The zero-order valence-electron chi connectivity index (χ0n) is 14.4. The summed E-state index contributed by atoms with van der Waals surface area (Å²) in [5.41, 5.74) is 1.27. The minimum atomic E-state index is 0.0912. The number of nitrogens with one attached hydrogen (secondary N) is 1. The van der Waals surface area contributed by atoms with E-state index < -0.39 is 0 Å². The lowest BCUT2D eigenvalue weighted by molar-refractivity contribution is -0.123. The van der Waals surface area contributed by atoms with Gasteiger partial charge in [-0.25, -0.2) is 0 Å². The first-order valence-corrected chi connectivity index (χ1v) is 9.18. The fourth-order valence-corrected chi connectivity index (χ4v) is 3.85. The third-order valence-corrected chi connectivity index (χ3v) is 5.30. The van der Waals surface area contributed by atoms with Gasteiger partial charge in [0.15, 0.2) is 0 Å². The molecule has 0 spiro atoms. The van der Waals surface area contributed by atoms with Crippen LogP contribution >= 0.6 is 0 Å². The Morgan fingerprint density at radius 3 is 2.79 bits per heavy atom. The molecule has 2 heterocycles. The molecule has 3 rings (SSSR count). The molecule has 2 aliphatic heterocycles. The molecule has 5 heteroatoms. The van der Waals surface area contributed by atoms with Crippen molar-refractivity contribution in [1.82, 2.24) is 10.2 Å². The van der Waals surface area contributed by atoms with E-state index in [1.807, 2.05) is 6.07 Å². The summed E-state index contributed by atoms with van der Waals surface area (Å²) in [6.45, 7) is 4.31. The zero-order chi connectivity index (χ0) is 16.8. The lowest BCUT2D eigenvalue weighted by Gasteiger charge is -2.33. The Bertz CT molecular complexity index is 523. The minimum Gasteiger partial charge on any atom is -0.395 e. The van der Waals surface area contributed by atoms with Crippen molar-refractivity contribution in [3.8, 4) is 0 Å². The maximum atomic E-state index is 12.2. The smallest absolute Gasteiger partial charge is 0.234 e. The zero-order valence-corrected chi connectivity index (χ0v) is 14.4. The van der Waals surface area contributed by atoms with Gasteiger partial charge in [0.1, 0.15) is 0 Å². The molecule has 2 unspecified atom stereocenters. The third kappa shape index (κ3) is 4.48. The predicted molar refractivity (Wildman–Crippen MR) is 96.1 cm³/mol. The van der Waals surface area contributed by atoms with Gasteiger partial charge in [-0.05, 0) is 43.9 Å². The molecule has 2 saturated heterocycles. The number of piperidine rings is 1. The Labute approximate surface area is 144 Å². The summed E-state index contributed by atoms with van der Waals surface area (Å²) in [5, 5.41) is 12.5. The Hall–Kier alpha value is -1.59. The van der Waals surface area contributed by atoms with Gasteiger partial charge in [-0.3, -0.25) is 9.69 Å². The topological polar surface area (TPSA) is 55.8 Å². The third-order valence-electron chi connectivity index (χ3n) is 5.30. The number of aliphatic hydroxyl groups excluding tert-OH is 1. The Kier molecular flexibility index (Phi) is 6.10. The van der Waals surface area contributed by atoms with Crippen LogP contribution in [0.2, 0.25) is 0 Å². The lowest BCUT2D eigenvalue weighted by atomic mass is 10.0. The molecule has 1 amide bonds. The van der Waals surface area contributed by atoms with E-state index >= 15 is 0 Å². The summed E-state index contributed by atoms with van der Waals surface area (Å²) in [7, 11) is 0. The van der Waals surface area contributed by atoms with Gasteiger partial charge in [-0.1, -0.05) is 24.6 Å². The number of anilines is 1. The molecule has 0 bridgehead atoms. The molecule has 0 aliphatic carbocycles. The first-order chi connectivity index (χ1) is 11.8. The van der Waals surface area contributed by atoms with Crippen LogP contribution < -0.4 is 10.2 Å². The lowest BCUT2D eigenvalue weighted by Crippen LogP contribution is -2.47. The molecule has 24 heavy (non-hydrogen) atoms. The molecule has 2 aliphatic rings. The summed E-state index contributed by atoms with van der Waals surface area (Å²) >= 11 is 0. The van der Waals surface area contributed by atoms with Crippen LogP contribution in [0, 0.1) is 5.92 Å². The molecule has 1 aromatic carbocycles. The number of nitrogens with zero attached hydrogens (tertiary/aromatic N) is 2. The number of amides is 1. The normalized spacial score (nSPS) is 25.0. The van der Waals surface area contributed by atoms with Crippen molar-refractivity contribution >= 4 is 11.6 Å². The van der Waals surface area contributed by atoms with Crippen LogP contribution in [0.25, 0.3) is 0 Å². The van der Waals surface area contributed by atoms with Crippen LogP contribution in [-0.4, -0.2) is 61.3 Å². The van der Waals surface area contributed by atoms with Gasteiger partial charge in [-0.2, -0.15) is 0 Å². The average molecular weight is 331 g/mol. The molecule has 0 aromatic heterocycles. The van der Waals surface area contributed by atoms with E-state index in [4.69, 9.17) is 0 Å². The molecule has 0 saturated carbocycles. The van der Waals surface area contributed by atoms with E-state index in [1.165, 1.54) is 5.69 Å². The number of hydrogen-bond donors (Lipinski definition) is 2. The van der Waals surface area contributed by atoms with Crippen LogP contribution in [-0.2, 0) is 4.79 Å². The maximum absolute atomic E-state index is 12.2. The van der Waals surface area contributed by atoms with Gasteiger partial charge in [0.2, 0.25) is 5.91 Å². The second-order valence-electron chi connectivity index (χ2n) is 7.04. The van der Waals surface area contributed by atoms with Crippen molar-refractivity contribution in [2.45, 2.75) is 31.7 Å². The van der Waals surface area contributed by atoms with Gasteiger partial charge in [-0.15, -0.1) is 0 Å². The van der Waals surface area contributed by atoms with Gasteiger partial charge in [0.05, 0.1) is 13.2 Å². The van der Waals surface area contributed by atoms with E-state index in [1.54, 1.807) is 0 Å². The maximum Gasteiger partial charge on any atom is 0.234 e. The highest BCUT2D eigenvalue weighted by Gasteiger charge is 2.25. The monoisotopic (exact) mass is 331 g/mol. The summed E-state index contributed by atoms with van der Waals surface area (Å²) < 4.78 is 0. The van der Waals surface area contributed by atoms with Crippen molar-refractivity contribution in [3.05, 3.63) is 30.3 Å². The van der Waals surface area contributed by atoms with E-state index in [-0.39, 0.29) is 18.6 Å². The van der Waals surface area contributed by atoms with E-state index in [0.29, 0.717) is 12.5 Å². The number of hydrogen-bond acceptors (Lipinski definition) is 4. The highest BCUT2D eigenvalue weighted by atomic mass is 16.3. The standard InChI is InChI=1S/C19H29N3O2/c23-15-18-8-4-5-10-21(18)14-19(24)20-12-16-9-11-22(13-16)17-6-2-1-3-7-17/h1-3,6-7,16,18,23H,4-5,8-15H2,(H,20,24). The van der Waals surface area contributed by atoms with Gasteiger partial charge in [0, 0.05) is 31.4 Å². The number of para-hydroxylation sites is 1. The summed E-state index contributed by atoms with van der Waals surface area (Å²) in [4.78, 5) is 16.8. The predicted octanol–water partition coefficient (Wildman–Crippen LogP) is 1.48. The second-order valence-corrected chi connectivity index (χ2v) is 7.04. The van der Waals surface area contributed by atoms with Gasteiger partial charge in [0.25, 0.3) is 0 Å². The van der Waals surface area contributed by atoms with Crippen molar-refractivity contribution in [1.29, 1.82) is 0 Å². The van der Waals surface area contributed by atoms with E-state index in [9.17, 15) is 9.90 Å². The van der Waals surface area contributed by atoms with E-state index in [2.05, 4.69) is 39.4 Å². The molecule has 5 nitrogen and oxygen atoms in total. The van der Waals surface area contributed by atoms with Crippen LogP contribution in [0.3, 0.4) is 0 Å². The molecular formula is C19H29N3O2. The van der Waals surface area contributed by atoms with Crippen molar-refractivity contribution in [3.63, 3.8) is 0 Å². The van der Waals surface area contributed by atoms with Crippen molar-refractivity contribution < 1.29 is 9.90 Å². The number of rotatable bonds is 6. The van der Waals surface area contributed by atoms with Crippen molar-refractivity contribution in [2.24, 2.45) is 5.92 Å². The van der Waals surface area contributed by atoms with Gasteiger partial charge >= 0.3 is 0 Å². The summed E-state index contributed by atoms with van der Waals surface area (Å²) in [6, 6.07) is 10.6. The second kappa shape index (κ2) is 8.49. The number of aliphatic hydroxyl groups is 1. The Morgan fingerprint density at radius 1 is 1.17 bits per heavy atom. The number of carbonyl (C=O) groups is 1. The van der Waals surface area contributed by atoms with Crippen LogP contribution in [0.15, 0.2) is 30.3 Å². The fourth-order valence-electron chi connectivity index (χ4n) is 3.85. The average Bonchev–Trinajstić information content (AvgIpc) is 3.10. The molecular weight excluding hydrogens is 302 g/mol. The number of benzene rings is 1. The first-order valence-electron chi connectivity index (χ1n) is 9.18. The van der Waals surface area contributed by atoms with E-state index in [0.717, 1.165) is 51.9 Å². The Balaban J connectivity index is 1.40. The van der Waals surface area contributed by atoms with Crippen molar-refractivity contribution in [2.75, 3.05) is 44.2 Å². The van der Waals surface area contributed by atoms with Crippen LogP contribution in [0.1, 0.15) is 25.7 Å². The number of carbonyl (C=O) groups excluding carboxylic acids is 1.